The number of anilines is 1. The lowest BCUT2D eigenvalue weighted by Gasteiger charge is -2.26. The molecule has 0 atom stereocenters. The summed E-state index contributed by atoms with van der Waals surface area (Å²) in [7, 11) is 0. The van der Waals surface area contributed by atoms with Crippen LogP contribution in [-0.2, 0) is 19.3 Å². The normalized spacial score (nSPS) is 17.0. The number of rotatable bonds is 5. The molecule has 2 aromatic heterocycles. The Hall–Kier alpha value is -1.95. The van der Waals surface area contributed by atoms with Gasteiger partial charge in [-0.15, -0.1) is 11.3 Å². The van der Waals surface area contributed by atoms with Crippen LogP contribution in [0.2, 0.25) is 0 Å². The van der Waals surface area contributed by atoms with Crippen LogP contribution in [-0.4, -0.2) is 40.4 Å². The monoisotopic (exact) mass is 370 g/mol. The molecule has 2 aromatic rings. The van der Waals surface area contributed by atoms with Gasteiger partial charge in [-0.25, -0.2) is 9.97 Å². The van der Waals surface area contributed by atoms with Crippen molar-refractivity contribution in [2.75, 3.05) is 25.0 Å². The minimum atomic E-state index is 0.128. The minimum absolute atomic E-state index is 0.128. The quantitative estimate of drug-likeness (QED) is 0.872. The molecule has 5 nitrogen and oxygen atoms in total. The van der Waals surface area contributed by atoms with Gasteiger partial charge in [-0.1, -0.05) is 0 Å². The van der Waals surface area contributed by atoms with Gasteiger partial charge >= 0.3 is 0 Å². The van der Waals surface area contributed by atoms with Gasteiger partial charge in [-0.2, -0.15) is 0 Å². The van der Waals surface area contributed by atoms with Crippen molar-refractivity contribution in [1.82, 2.24) is 14.9 Å². The maximum absolute atomic E-state index is 12.6. The lowest BCUT2D eigenvalue weighted by atomic mass is 10.0. The fourth-order valence-corrected chi connectivity index (χ4v) is 4.91. The number of hydrogen-bond acceptors (Lipinski definition) is 5. The van der Waals surface area contributed by atoms with E-state index in [0.717, 1.165) is 56.7 Å². The van der Waals surface area contributed by atoms with Crippen molar-refractivity contribution in [3.05, 3.63) is 39.5 Å². The molecule has 26 heavy (non-hydrogen) atoms. The number of likely N-dealkylation sites (tertiary alicyclic amines) is 1. The van der Waals surface area contributed by atoms with E-state index in [-0.39, 0.29) is 5.91 Å². The summed E-state index contributed by atoms with van der Waals surface area (Å²) in [6.45, 7) is 2.54. The minimum Gasteiger partial charge on any atom is -0.370 e. The van der Waals surface area contributed by atoms with Crippen LogP contribution in [0.15, 0.2) is 18.3 Å². The Balaban J connectivity index is 1.33. The van der Waals surface area contributed by atoms with E-state index in [2.05, 4.69) is 10.3 Å². The molecule has 4 rings (SSSR count). The maximum Gasteiger partial charge on any atom is 0.254 e. The van der Waals surface area contributed by atoms with Gasteiger partial charge in [-0.3, -0.25) is 4.79 Å². The summed E-state index contributed by atoms with van der Waals surface area (Å²) >= 11 is 1.86. The first kappa shape index (κ1) is 17.5. The molecule has 3 heterocycles. The zero-order valence-electron chi connectivity index (χ0n) is 15.2. The number of pyridine rings is 1. The first-order valence-corrected chi connectivity index (χ1v) is 10.6. The summed E-state index contributed by atoms with van der Waals surface area (Å²) < 4.78 is 0. The van der Waals surface area contributed by atoms with Gasteiger partial charge in [0, 0.05) is 42.7 Å². The van der Waals surface area contributed by atoms with Crippen molar-refractivity contribution in [2.45, 2.75) is 51.4 Å². The Morgan fingerprint density at radius 1 is 1.15 bits per heavy atom. The van der Waals surface area contributed by atoms with Crippen molar-refractivity contribution < 1.29 is 4.79 Å². The van der Waals surface area contributed by atoms with Gasteiger partial charge in [0.2, 0.25) is 0 Å². The van der Waals surface area contributed by atoms with E-state index < -0.39 is 0 Å². The van der Waals surface area contributed by atoms with Crippen molar-refractivity contribution in [1.29, 1.82) is 0 Å². The second-order valence-corrected chi connectivity index (χ2v) is 8.31. The van der Waals surface area contributed by atoms with Crippen molar-refractivity contribution in [3.8, 4) is 0 Å². The largest absolute Gasteiger partial charge is 0.370 e. The highest BCUT2D eigenvalue weighted by Gasteiger charge is 2.18. The highest BCUT2D eigenvalue weighted by Crippen LogP contribution is 2.26. The van der Waals surface area contributed by atoms with Gasteiger partial charge < -0.3 is 10.2 Å². The Morgan fingerprint density at radius 3 is 2.85 bits per heavy atom. The maximum atomic E-state index is 12.6. The zero-order valence-corrected chi connectivity index (χ0v) is 16.0. The van der Waals surface area contributed by atoms with Crippen LogP contribution >= 0.6 is 11.3 Å². The molecule has 1 saturated heterocycles. The molecule has 1 aliphatic carbocycles. The van der Waals surface area contributed by atoms with E-state index in [1.807, 2.05) is 28.4 Å². The van der Waals surface area contributed by atoms with Gasteiger partial charge in [0.15, 0.2) is 0 Å². The summed E-state index contributed by atoms with van der Waals surface area (Å²) in [5, 5.41) is 4.57. The van der Waals surface area contributed by atoms with Crippen molar-refractivity contribution in [3.63, 3.8) is 0 Å². The first-order chi connectivity index (χ1) is 12.8. The number of carbonyl (C=O) groups is 1. The molecule has 0 aromatic carbocycles. The van der Waals surface area contributed by atoms with Crippen LogP contribution in [0.3, 0.4) is 0 Å². The number of aryl methyl sites for hydroxylation is 2. The number of hydrogen-bond donors (Lipinski definition) is 1. The molecular formula is C20H26N4OS. The molecule has 1 amide bonds. The van der Waals surface area contributed by atoms with Gasteiger partial charge in [0.1, 0.15) is 5.82 Å². The summed E-state index contributed by atoms with van der Waals surface area (Å²) in [6, 6.07) is 3.70. The third kappa shape index (κ3) is 4.06. The molecule has 138 valence electrons. The first-order valence-electron chi connectivity index (χ1n) is 9.76. The lowest BCUT2D eigenvalue weighted by Crippen LogP contribution is -2.35. The highest BCUT2D eigenvalue weighted by atomic mass is 32.1. The fourth-order valence-electron chi connectivity index (χ4n) is 3.75. The Morgan fingerprint density at radius 2 is 2.00 bits per heavy atom. The van der Waals surface area contributed by atoms with Crippen LogP contribution in [0.5, 0.6) is 0 Å². The standard InChI is InChI=1S/C20H26N4OS/c25-20(24-12-4-1-5-13-24)15-8-10-21-18(14-15)22-11-9-19-23-16-6-2-3-7-17(16)26-19/h8,10,14H,1-7,9,11-13H2,(H,21,22). The third-order valence-electron chi connectivity index (χ3n) is 5.19. The molecule has 0 unspecified atom stereocenters. The van der Waals surface area contributed by atoms with Gasteiger partial charge in [0.05, 0.1) is 10.7 Å². The van der Waals surface area contributed by atoms with Crippen LogP contribution in [0.25, 0.3) is 0 Å². The van der Waals surface area contributed by atoms with Crippen molar-refractivity contribution >= 4 is 23.1 Å². The predicted octanol–water partition coefficient (Wildman–Crippen LogP) is 3.70. The fraction of sp³-hybridized carbons (Fsp3) is 0.550. The van der Waals surface area contributed by atoms with Gasteiger partial charge in [-0.05, 0) is 57.1 Å². The summed E-state index contributed by atoms with van der Waals surface area (Å²) in [6.07, 6.45) is 11.0. The Kier molecular flexibility index (Phi) is 5.48. The summed E-state index contributed by atoms with van der Waals surface area (Å²) in [4.78, 5) is 25.2. The number of nitrogens with one attached hydrogen (secondary N) is 1. The topological polar surface area (TPSA) is 58.1 Å². The molecule has 6 heteroatoms. The van der Waals surface area contributed by atoms with E-state index in [1.54, 1.807) is 6.20 Å². The third-order valence-corrected chi connectivity index (χ3v) is 6.40. The second-order valence-electron chi connectivity index (χ2n) is 7.14. The number of piperidine rings is 1. The lowest BCUT2D eigenvalue weighted by molar-refractivity contribution is 0.0724. The molecule has 1 N–H and O–H groups in total. The van der Waals surface area contributed by atoms with Gasteiger partial charge in [0.25, 0.3) is 5.91 Å². The van der Waals surface area contributed by atoms with E-state index in [0.29, 0.717) is 0 Å². The molecule has 0 spiro atoms. The van der Waals surface area contributed by atoms with Crippen LogP contribution in [0.1, 0.15) is 58.0 Å². The molecule has 2 aliphatic rings. The molecule has 1 aliphatic heterocycles. The Labute approximate surface area is 158 Å². The zero-order chi connectivity index (χ0) is 17.8. The smallest absolute Gasteiger partial charge is 0.254 e. The van der Waals surface area contributed by atoms with E-state index in [1.165, 1.54) is 41.3 Å². The predicted molar refractivity (Wildman–Crippen MR) is 105 cm³/mol. The summed E-state index contributed by atoms with van der Waals surface area (Å²) in [5.74, 6) is 0.900. The average molecular weight is 371 g/mol. The van der Waals surface area contributed by atoms with E-state index in [4.69, 9.17) is 4.98 Å². The molecule has 0 radical (unpaired) electrons. The second kappa shape index (κ2) is 8.16. The van der Waals surface area contributed by atoms with Crippen molar-refractivity contribution in [2.24, 2.45) is 0 Å². The number of amides is 1. The average Bonchev–Trinajstić information content (AvgIpc) is 3.11. The molecular weight excluding hydrogens is 344 g/mol. The number of fused-ring (bicyclic) bond motifs is 1. The number of thiazole rings is 1. The van der Waals surface area contributed by atoms with Crippen LogP contribution in [0, 0.1) is 0 Å². The number of aromatic nitrogens is 2. The molecule has 1 fully saturated rings. The molecule has 0 bridgehead atoms. The SMILES string of the molecule is O=C(c1ccnc(NCCc2nc3c(s2)CCCC3)c1)N1CCCCC1. The Bertz CT molecular complexity index is 743. The van der Waals surface area contributed by atoms with Crippen LogP contribution < -0.4 is 5.32 Å². The highest BCUT2D eigenvalue weighted by molar-refractivity contribution is 7.11. The summed E-state index contributed by atoms with van der Waals surface area (Å²) in [5.41, 5.74) is 2.05. The number of nitrogens with zero attached hydrogens (tertiary/aromatic N) is 3. The van der Waals surface area contributed by atoms with Crippen LogP contribution in [0.4, 0.5) is 5.82 Å². The van der Waals surface area contributed by atoms with E-state index in [9.17, 15) is 4.79 Å². The molecule has 0 saturated carbocycles. The van der Waals surface area contributed by atoms with E-state index >= 15 is 0 Å². The number of carbonyl (C=O) groups excluding carboxylic acids is 1.